The van der Waals surface area contributed by atoms with Crippen molar-refractivity contribution in [1.82, 2.24) is 10.2 Å². The van der Waals surface area contributed by atoms with Gasteiger partial charge in [-0.2, -0.15) is 0 Å². The number of carbonyl (C=O) groups excluding carboxylic acids is 1. The van der Waals surface area contributed by atoms with E-state index in [1.807, 2.05) is 30.3 Å². The molecular weight excluding hydrogens is 336 g/mol. The van der Waals surface area contributed by atoms with Gasteiger partial charge in [0, 0.05) is 18.8 Å². The standard InChI is InChI=1S/C22H22N4O/c1-2-16-7-5-6-10-19(16)23-22(27)20-11-12-21(25-24-20)26-14-13-17-8-3-4-9-18(17)15-26/h3-12H,2,13-15H2,1H3,(H,23,27). The van der Waals surface area contributed by atoms with Crippen LogP contribution in [0.25, 0.3) is 0 Å². The third-order valence-corrected chi connectivity index (χ3v) is 4.98. The highest BCUT2D eigenvalue weighted by Crippen LogP contribution is 2.23. The quantitative estimate of drug-likeness (QED) is 0.769. The number of nitrogens with zero attached hydrogens (tertiary/aromatic N) is 3. The third kappa shape index (κ3) is 3.67. The summed E-state index contributed by atoms with van der Waals surface area (Å²) in [6.07, 6.45) is 1.85. The fourth-order valence-corrected chi connectivity index (χ4v) is 3.44. The molecular formula is C22H22N4O. The van der Waals surface area contributed by atoms with Crippen molar-refractivity contribution < 1.29 is 4.79 Å². The van der Waals surface area contributed by atoms with E-state index in [1.165, 1.54) is 11.1 Å². The average molecular weight is 358 g/mol. The van der Waals surface area contributed by atoms with Gasteiger partial charge in [0.1, 0.15) is 0 Å². The van der Waals surface area contributed by atoms with Crippen molar-refractivity contribution >= 4 is 17.4 Å². The normalized spacial score (nSPS) is 13.1. The highest BCUT2D eigenvalue weighted by Gasteiger charge is 2.18. The predicted octanol–water partition coefficient (Wildman–Crippen LogP) is 3.85. The molecule has 0 fully saturated rings. The Morgan fingerprint density at radius 1 is 1.00 bits per heavy atom. The lowest BCUT2D eigenvalue weighted by atomic mass is 10.00. The Morgan fingerprint density at radius 2 is 1.78 bits per heavy atom. The predicted molar refractivity (Wildman–Crippen MR) is 107 cm³/mol. The van der Waals surface area contributed by atoms with Gasteiger partial charge in [0.25, 0.3) is 5.91 Å². The first-order chi connectivity index (χ1) is 13.2. The van der Waals surface area contributed by atoms with Crippen molar-refractivity contribution in [1.29, 1.82) is 0 Å². The average Bonchev–Trinajstić information content (AvgIpc) is 2.74. The van der Waals surface area contributed by atoms with Gasteiger partial charge in [-0.3, -0.25) is 4.79 Å². The van der Waals surface area contributed by atoms with Crippen LogP contribution < -0.4 is 10.2 Å². The van der Waals surface area contributed by atoms with E-state index in [9.17, 15) is 4.79 Å². The number of aromatic nitrogens is 2. The maximum Gasteiger partial charge on any atom is 0.276 e. The zero-order valence-electron chi connectivity index (χ0n) is 15.4. The van der Waals surface area contributed by atoms with E-state index >= 15 is 0 Å². The van der Waals surface area contributed by atoms with Crippen molar-refractivity contribution in [2.45, 2.75) is 26.3 Å². The number of rotatable bonds is 4. The molecule has 5 nitrogen and oxygen atoms in total. The summed E-state index contributed by atoms with van der Waals surface area (Å²) < 4.78 is 0. The number of benzene rings is 2. The van der Waals surface area contributed by atoms with Crippen LogP contribution >= 0.6 is 0 Å². The summed E-state index contributed by atoms with van der Waals surface area (Å²) in [5.74, 6) is 0.564. The molecule has 3 aromatic rings. The van der Waals surface area contributed by atoms with Gasteiger partial charge in [-0.05, 0) is 47.7 Å². The first-order valence-electron chi connectivity index (χ1n) is 9.29. The third-order valence-electron chi connectivity index (χ3n) is 4.98. The smallest absolute Gasteiger partial charge is 0.276 e. The van der Waals surface area contributed by atoms with Gasteiger partial charge in [-0.15, -0.1) is 10.2 Å². The second-order valence-corrected chi connectivity index (χ2v) is 6.68. The van der Waals surface area contributed by atoms with E-state index in [0.717, 1.165) is 43.0 Å². The lowest BCUT2D eigenvalue weighted by Gasteiger charge is -2.29. The van der Waals surface area contributed by atoms with Crippen molar-refractivity contribution in [3.63, 3.8) is 0 Å². The summed E-state index contributed by atoms with van der Waals surface area (Å²) in [5.41, 5.74) is 4.96. The molecule has 0 unspecified atom stereocenters. The lowest BCUT2D eigenvalue weighted by molar-refractivity contribution is 0.102. The number of aryl methyl sites for hydroxylation is 1. The SMILES string of the molecule is CCc1ccccc1NC(=O)c1ccc(N2CCc3ccccc3C2)nn1. The maximum atomic E-state index is 12.5. The number of fused-ring (bicyclic) bond motifs is 1. The van der Waals surface area contributed by atoms with Gasteiger partial charge >= 0.3 is 0 Å². The molecule has 0 spiro atoms. The summed E-state index contributed by atoms with van der Waals surface area (Å²) in [7, 11) is 0. The van der Waals surface area contributed by atoms with Crippen LogP contribution in [0.4, 0.5) is 11.5 Å². The van der Waals surface area contributed by atoms with E-state index in [2.05, 4.69) is 51.6 Å². The van der Waals surface area contributed by atoms with Crippen LogP contribution in [0.15, 0.2) is 60.7 Å². The molecule has 1 aliphatic rings. The molecule has 136 valence electrons. The lowest BCUT2D eigenvalue weighted by Crippen LogP contribution is -2.31. The molecule has 0 saturated carbocycles. The highest BCUT2D eigenvalue weighted by atomic mass is 16.1. The Morgan fingerprint density at radius 3 is 2.56 bits per heavy atom. The van der Waals surface area contributed by atoms with E-state index in [0.29, 0.717) is 5.69 Å². The van der Waals surface area contributed by atoms with Crippen LogP contribution in [0.3, 0.4) is 0 Å². The number of carbonyl (C=O) groups is 1. The fraction of sp³-hybridized carbons (Fsp3) is 0.227. The van der Waals surface area contributed by atoms with Crippen molar-refractivity contribution in [2.24, 2.45) is 0 Å². The van der Waals surface area contributed by atoms with Crippen LogP contribution in [0.2, 0.25) is 0 Å². The summed E-state index contributed by atoms with van der Waals surface area (Å²) in [6.45, 7) is 3.79. The first kappa shape index (κ1) is 17.2. The molecule has 5 heteroatoms. The van der Waals surface area contributed by atoms with Crippen LogP contribution in [0, 0.1) is 0 Å². The van der Waals surface area contributed by atoms with Crippen LogP contribution in [0.5, 0.6) is 0 Å². The minimum absolute atomic E-state index is 0.237. The molecule has 1 N–H and O–H groups in total. The molecule has 27 heavy (non-hydrogen) atoms. The number of hydrogen-bond donors (Lipinski definition) is 1. The molecule has 1 aromatic heterocycles. The summed E-state index contributed by atoms with van der Waals surface area (Å²) in [6, 6.07) is 19.9. The molecule has 1 aliphatic heterocycles. The van der Waals surface area contributed by atoms with Gasteiger partial charge in [0.15, 0.2) is 11.5 Å². The highest BCUT2D eigenvalue weighted by molar-refractivity contribution is 6.03. The molecule has 0 saturated heterocycles. The van der Waals surface area contributed by atoms with Gasteiger partial charge in [0.05, 0.1) is 0 Å². The number of amides is 1. The van der Waals surface area contributed by atoms with E-state index < -0.39 is 0 Å². The van der Waals surface area contributed by atoms with Crippen molar-refractivity contribution in [2.75, 3.05) is 16.8 Å². The summed E-state index contributed by atoms with van der Waals surface area (Å²) >= 11 is 0. The number of anilines is 2. The Kier molecular flexibility index (Phi) is 4.83. The topological polar surface area (TPSA) is 58.1 Å². The molecule has 0 radical (unpaired) electrons. The Balaban J connectivity index is 1.47. The Labute approximate surface area is 159 Å². The van der Waals surface area contributed by atoms with Gasteiger partial charge < -0.3 is 10.2 Å². The molecule has 2 heterocycles. The molecule has 4 rings (SSSR count). The van der Waals surface area contributed by atoms with E-state index in [-0.39, 0.29) is 5.91 Å². The minimum atomic E-state index is -0.237. The fourth-order valence-electron chi connectivity index (χ4n) is 3.44. The second kappa shape index (κ2) is 7.58. The van der Waals surface area contributed by atoms with Gasteiger partial charge in [-0.1, -0.05) is 49.4 Å². The molecule has 1 amide bonds. The Bertz CT molecular complexity index is 953. The summed E-state index contributed by atoms with van der Waals surface area (Å²) in [5, 5.41) is 11.4. The monoisotopic (exact) mass is 358 g/mol. The zero-order valence-corrected chi connectivity index (χ0v) is 15.4. The maximum absolute atomic E-state index is 12.5. The Hall–Kier alpha value is -3.21. The van der Waals surface area contributed by atoms with Gasteiger partial charge in [0.2, 0.25) is 0 Å². The largest absolute Gasteiger partial charge is 0.350 e. The van der Waals surface area contributed by atoms with Crippen LogP contribution in [0.1, 0.15) is 34.1 Å². The molecule has 0 bridgehead atoms. The number of hydrogen-bond acceptors (Lipinski definition) is 4. The first-order valence-corrected chi connectivity index (χ1v) is 9.29. The van der Waals surface area contributed by atoms with Crippen molar-refractivity contribution in [3.8, 4) is 0 Å². The summed E-state index contributed by atoms with van der Waals surface area (Å²) in [4.78, 5) is 14.7. The second-order valence-electron chi connectivity index (χ2n) is 6.68. The van der Waals surface area contributed by atoms with Crippen LogP contribution in [-0.4, -0.2) is 22.6 Å². The molecule has 0 aliphatic carbocycles. The van der Waals surface area contributed by atoms with E-state index in [1.54, 1.807) is 6.07 Å². The zero-order chi connectivity index (χ0) is 18.6. The number of nitrogens with one attached hydrogen (secondary N) is 1. The van der Waals surface area contributed by atoms with Crippen LogP contribution in [-0.2, 0) is 19.4 Å². The van der Waals surface area contributed by atoms with Crippen molar-refractivity contribution in [3.05, 3.63) is 83.0 Å². The molecule has 2 aromatic carbocycles. The minimum Gasteiger partial charge on any atom is -0.350 e. The number of para-hydroxylation sites is 1. The van der Waals surface area contributed by atoms with Gasteiger partial charge in [-0.25, -0.2) is 0 Å². The van der Waals surface area contributed by atoms with E-state index in [4.69, 9.17) is 0 Å². The molecule has 0 atom stereocenters.